The van der Waals surface area contributed by atoms with Crippen LogP contribution in [0.5, 0.6) is 23.0 Å². The number of aryl methyl sites for hydroxylation is 2. The summed E-state index contributed by atoms with van der Waals surface area (Å²) in [5.74, 6) is 2.84. The SMILES string of the molecule is COc1ccc(CCN(C)CCCOc2ccc(S(=O)(=O)c3c(C(C)C)cn4cc(C)c(OC)c(C)c34)cc2)cc1OC. The summed E-state index contributed by atoms with van der Waals surface area (Å²) in [6.45, 7) is 10.2. The Morgan fingerprint density at radius 1 is 0.884 bits per heavy atom. The quantitative estimate of drug-likeness (QED) is 0.152. The molecule has 0 unspecified atom stereocenters. The Balaban J connectivity index is 1.39. The number of likely N-dealkylation sites (N-methyl/N-ethyl adjacent to an activating group) is 1. The Labute approximate surface area is 256 Å². The van der Waals surface area contributed by atoms with Crippen molar-refractivity contribution < 1.29 is 27.4 Å². The minimum atomic E-state index is -3.80. The summed E-state index contributed by atoms with van der Waals surface area (Å²) >= 11 is 0. The van der Waals surface area contributed by atoms with Gasteiger partial charge in [0.05, 0.1) is 38.3 Å². The third-order valence-corrected chi connectivity index (χ3v) is 9.67. The summed E-state index contributed by atoms with van der Waals surface area (Å²) < 4.78 is 52.3. The Morgan fingerprint density at radius 3 is 2.21 bits per heavy atom. The lowest BCUT2D eigenvalue weighted by molar-refractivity contribution is 0.264. The number of fused-ring (bicyclic) bond motifs is 1. The molecule has 0 bridgehead atoms. The fourth-order valence-corrected chi connectivity index (χ4v) is 7.34. The first kappa shape index (κ1) is 32.2. The summed E-state index contributed by atoms with van der Waals surface area (Å²) in [7, 11) is 3.19. The molecule has 0 amide bonds. The van der Waals surface area contributed by atoms with Gasteiger partial charge in [-0.15, -0.1) is 0 Å². The fraction of sp³-hybridized carbons (Fsp3) is 0.412. The Kier molecular flexibility index (Phi) is 10.3. The van der Waals surface area contributed by atoms with Crippen LogP contribution in [0.1, 0.15) is 48.4 Å². The second-order valence-corrected chi connectivity index (χ2v) is 13.1. The van der Waals surface area contributed by atoms with E-state index in [0.717, 1.165) is 54.1 Å². The smallest absolute Gasteiger partial charge is 0.209 e. The Bertz CT molecular complexity index is 1660. The van der Waals surface area contributed by atoms with Crippen LogP contribution in [0.25, 0.3) is 5.52 Å². The summed E-state index contributed by atoms with van der Waals surface area (Å²) in [4.78, 5) is 2.84. The molecule has 232 valence electrons. The molecule has 2 heterocycles. The third-order valence-electron chi connectivity index (χ3n) is 7.81. The summed E-state index contributed by atoms with van der Waals surface area (Å²) in [5.41, 5.74) is 4.39. The molecule has 0 saturated heterocycles. The highest BCUT2D eigenvalue weighted by Gasteiger charge is 2.29. The van der Waals surface area contributed by atoms with Crippen molar-refractivity contribution in [3.63, 3.8) is 0 Å². The number of rotatable bonds is 14. The number of nitrogens with zero attached hydrogens (tertiary/aromatic N) is 2. The van der Waals surface area contributed by atoms with Crippen molar-refractivity contribution in [2.75, 3.05) is 48.1 Å². The van der Waals surface area contributed by atoms with Crippen LogP contribution in [-0.2, 0) is 16.3 Å². The van der Waals surface area contributed by atoms with E-state index in [1.54, 1.807) is 45.6 Å². The standard InChI is InChI=1S/C34H44N2O6S/c1-23(2)29-22-36-21-24(3)33(41-8)25(4)32(36)34(29)43(37,38)28-13-11-27(12-14-28)42-19-9-17-35(5)18-16-26-10-15-30(39-6)31(20-26)40-7/h10-15,20-23H,9,16-19H2,1-8H3. The van der Waals surface area contributed by atoms with Crippen molar-refractivity contribution in [2.24, 2.45) is 0 Å². The molecular formula is C34H44N2O6S. The van der Waals surface area contributed by atoms with Gasteiger partial charge in [-0.1, -0.05) is 19.9 Å². The van der Waals surface area contributed by atoms with Crippen LogP contribution in [-0.4, -0.2) is 65.8 Å². The van der Waals surface area contributed by atoms with Gasteiger partial charge in [0.1, 0.15) is 16.4 Å². The van der Waals surface area contributed by atoms with Crippen LogP contribution in [0.15, 0.2) is 64.6 Å². The maximum Gasteiger partial charge on any atom is 0.209 e. The summed E-state index contributed by atoms with van der Waals surface area (Å²) in [5, 5.41) is 0. The lowest BCUT2D eigenvalue weighted by atomic mass is 10.1. The molecule has 0 aliphatic rings. The fourth-order valence-electron chi connectivity index (χ4n) is 5.50. The number of hydrogen-bond donors (Lipinski definition) is 0. The van der Waals surface area contributed by atoms with Crippen molar-refractivity contribution in [2.45, 2.75) is 56.2 Å². The van der Waals surface area contributed by atoms with Gasteiger partial charge in [0.2, 0.25) is 9.84 Å². The lowest BCUT2D eigenvalue weighted by Crippen LogP contribution is -2.23. The number of hydrogen-bond acceptors (Lipinski definition) is 7. The maximum atomic E-state index is 14.0. The zero-order chi connectivity index (χ0) is 31.3. The second-order valence-electron chi connectivity index (χ2n) is 11.2. The summed E-state index contributed by atoms with van der Waals surface area (Å²) in [6, 6.07) is 12.7. The van der Waals surface area contributed by atoms with E-state index < -0.39 is 9.84 Å². The number of pyridine rings is 1. The first-order valence-corrected chi connectivity index (χ1v) is 16.1. The van der Waals surface area contributed by atoms with Crippen molar-refractivity contribution in [3.8, 4) is 23.0 Å². The number of benzene rings is 2. The maximum absolute atomic E-state index is 14.0. The van der Waals surface area contributed by atoms with Crippen LogP contribution in [0.4, 0.5) is 0 Å². The van der Waals surface area contributed by atoms with Gasteiger partial charge in [-0.3, -0.25) is 0 Å². The van der Waals surface area contributed by atoms with Crippen LogP contribution >= 0.6 is 0 Å². The number of methoxy groups -OCH3 is 3. The molecule has 4 rings (SSSR count). The van der Waals surface area contributed by atoms with Gasteiger partial charge in [0.25, 0.3) is 0 Å². The van der Waals surface area contributed by atoms with Crippen molar-refractivity contribution in [1.29, 1.82) is 0 Å². The summed E-state index contributed by atoms with van der Waals surface area (Å²) in [6.07, 6.45) is 5.60. The second kappa shape index (κ2) is 13.7. The molecule has 0 fully saturated rings. The minimum Gasteiger partial charge on any atom is -0.496 e. The zero-order valence-corrected chi connectivity index (χ0v) is 27.4. The van der Waals surface area contributed by atoms with Crippen molar-refractivity contribution in [1.82, 2.24) is 9.30 Å². The van der Waals surface area contributed by atoms with Crippen molar-refractivity contribution >= 4 is 15.4 Å². The number of ether oxygens (including phenoxy) is 4. The van der Waals surface area contributed by atoms with Crippen LogP contribution in [0.2, 0.25) is 0 Å². The van der Waals surface area contributed by atoms with Gasteiger partial charge in [-0.05, 0) is 87.2 Å². The molecule has 0 N–H and O–H groups in total. The van der Waals surface area contributed by atoms with E-state index in [-0.39, 0.29) is 10.8 Å². The average molecular weight is 609 g/mol. The minimum absolute atomic E-state index is 0.0233. The highest BCUT2D eigenvalue weighted by molar-refractivity contribution is 7.91. The Hall–Kier alpha value is -3.69. The van der Waals surface area contributed by atoms with Gasteiger partial charge in [0, 0.05) is 36.6 Å². The van der Waals surface area contributed by atoms with E-state index in [1.807, 2.05) is 56.6 Å². The largest absolute Gasteiger partial charge is 0.496 e. The molecule has 9 heteroatoms. The van der Waals surface area contributed by atoms with Gasteiger partial charge < -0.3 is 28.2 Å². The first-order valence-electron chi connectivity index (χ1n) is 14.6. The van der Waals surface area contributed by atoms with E-state index >= 15 is 0 Å². The highest BCUT2D eigenvalue weighted by Crippen LogP contribution is 2.39. The van der Waals surface area contributed by atoms with Gasteiger partial charge in [-0.25, -0.2) is 8.42 Å². The van der Waals surface area contributed by atoms with Crippen LogP contribution in [0.3, 0.4) is 0 Å². The average Bonchev–Trinajstić information content (AvgIpc) is 3.39. The molecule has 0 saturated carbocycles. The van der Waals surface area contributed by atoms with Crippen molar-refractivity contribution in [3.05, 3.63) is 77.1 Å². The van der Waals surface area contributed by atoms with E-state index in [9.17, 15) is 8.42 Å². The van der Waals surface area contributed by atoms with Gasteiger partial charge in [-0.2, -0.15) is 0 Å². The molecule has 2 aromatic carbocycles. The molecule has 0 aliphatic heterocycles. The predicted octanol–water partition coefficient (Wildman–Crippen LogP) is 6.48. The molecule has 0 radical (unpaired) electrons. The first-order chi connectivity index (χ1) is 20.5. The monoisotopic (exact) mass is 608 g/mol. The topological polar surface area (TPSA) is 78.7 Å². The number of sulfone groups is 1. The van der Waals surface area contributed by atoms with Gasteiger partial charge in [0.15, 0.2) is 11.5 Å². The van der Waals surface area contributed by atoms with E-state index in [0.29, 0.717) is 28.5 Å². The molecule has 2 aromatic heterocycles. The molecule has 43 heavy (non-hydrogen) atoms. The lowest BCUT2D eigenvalue weighted by Gasteiger charge is -2.17. The molecule has 0 spiro atoms. The molecular weight excluding hydrogens is 564 g/mol. The highest BCUT2D eigenvalue weighted by atomic mass is 32.2. The van der Waals surface area contributed by atoms with Crippen LogP contribution < -0.4 is 18.9 Å². The Morgan fingerprint density at radius 2 is 1.58 bits per heavy atom. The van der Waals surface area contributed by atoms with E-state index in [1.165, 1.54) is 5.56 Å². The van der Waals surface area contributed by atoms with Gasteiger partial charge >= 0.3 is 0 Å². The third kappa shape index (κ3) is 6.94. The predicted molar refractivity (Wildman–Crippen MR) is 170 cm³/mol. The van der Waals surface area contributed by atoms with E-state index in [4.69, 9.17) is 18.9 Å². The number of aromatic nitrogens is 1. The molecule has 0 aliphatic carbocycles. The molecule has 8 nitrogen and oxygen atoms in total. The molecule has 0 atom stereocenters. The van der Waals surface area contributed by atoms with Crippen LogP contribution in [0, 0.1) is 13.8 Å². The van der Waals surface area contributed by atoms with E-state index in [2.05, 4.69) is 18.0 Å². The normalized spacial score (nSPS) is 11.9. The molecule has 4 aromatic rings. The zero-order valence-electron chi connectivity index (χ0n) is 26.6.